The Balaban J connectivity index is 1.86. The number of nitrogens with zero attached hydrogens (tertiary/aromatic N) is 1. The standard InChI is InChI=1S/C20H25NO4/c1-13(2)17-9-4-14(3)10-18(17)25-19(22)12-24-20(23)16-7-5-15(11-21)6-8-16/h5-8,13-14,17-18H,4,9-10,12H2,1-3H3/t14-,17+,18+/m1/s1. The highest BCUT2D eigenvalue weighted by molar-refractivity contribution is 5.90. The summed E-state index contributed by atoms with van der Waals surface area (Å²) in [4.78, 5) is 24.0. The summed E-state index contributed by atoms with van der Waals surface area (Å²) in [6.45, 7) is 6.07. The van der Waals surface area contributed by atoms with Crippen molar-refractivity contribution in [1.82, 2.24) is 0 Å². The summed E-state index contributed by atoms with van der Waals surface area (Å²) in [6.07, 6.45) is 2.97. The highest BCUT2D eigenvalue weighted by Gasteiger charge is 2.33. The number of hydrogen-bond acceptors (Lipinski definition) is 5. The van der Waals surface area contributed by atoms with E-state index < -0.39 is 18.5 Å². The molecule has 1 aromatic carbocycles. The van der Waals surface area contributed by atoms with Gasteiger partial charge in [0.15, 0.2) is 6.61 Å². The summed E-state index contributed by atoms with van der Waals surface area (Å²) in [5.41, 5.74) is 0.764. The minimum absolute atomic E-state index is 0.107. The van der Waals surface area contributed by atoms with Crippen molar-refractivity contribution in [3.63, 3.8) is 0 Å². The van der Waals surface area contributed by atoms with Crippen LogP contribution in [0.5, 0.6) is 0 Å². The Labute approximate surface area is 148 Å². The van der Waals surface area contributed by atoms with E-state index in [1.54, 1.807) is 0 Å². The van der Waals surface area contributed by atoms with E-state index in [9.17, 15) is 9.59 Å². The molecule has 2 rings (SSSR count). The fraction of sp³-hybridized carbons (Fsp3) is 0.550. The van der Waals surface area contributed by atoms with Crippen molar-refractivity contribution in [2.24, 2.45) is 17.8 Å². The molecule has 0 N–H and O–H groups in total. The van der Waals surface area contributed by atoms with Crippen molar-refractivity contribution < 1.29 is 19.1 Å². The number of nitriles is 1. The highest BCUT2D eigenvalue weighted by atomic mass is 16.6. The maximum Gasteiger partial charge on any atom is 0.344 e. The van der Waals surface area contributed by atoms with Crippen LogP contribution in [0.15, 0.2) is 24.3 Å². The van der Waals surface area contributed by atoms with Gasteiger partial charge < -0.3 is 9.47 Å². The van der Waals surface area contributed by atoms with E-state index in [1.807, 2.05) is 6.07 Å². The number of carbonyl (C=O) groups is 2. The van der Waals surface area contributed by atoms with Crippen LogP contribution >= 0.6 is 0 Å². The van der Waals surface area contributed by atoms with Gasteiger partial charge >= 0.3 is 11.9 Å². The van der Waals surface area contributed by atoms with Gasteiger partial charge in [-0.05, 0) is 54.9 Å². The van der Waals surface area contributed by atoms with Gasteiger partial charge in [-0.2, -0.15) is 5.26 Å². The molecule has 0 saturated heterocycles. The van der Waals surface area contributed by atoms with Gasteiger partial charge in [0.1, 0.15) is 6.10 Å². The van der Waals surface area contributed by atoms with E-state index >= 15 is 0 Å². The molecule has 0 radical (unpaired) electrons. The van der Waals surface area contributed by atoms with Crippen molar-refractivity contribution in [1.29, 1.82) is 5.26 Å². The minimum atomic E-state index is -0.598. The van der Waals surface area contributed by atoms with Gasteiger partial charge in [0.2, 0.25) is 0 Å². The number of esters is 2. The predicted molar refractivity (Wildman–Crippen MR) is 92.7 cm³/mol. The van der Waals surface area contributed by atoms with Gasteiger partial charge in [-0.1, -0.05) is 27.2 Å². The van der Waals surface area contributed by atoms with Gasteiger partial charge in [-0.25, -0.2) is 9.59 Å². The Bertz CT molecular complexity index is 645. The quantitative estimate of drug-likeness (QED) is 0.762. The predicted octanol–water partition coefficient (Wildman–Crippen LogP) is 3.72. The lowest BCUT2D eigenvalue weighted by atomic mass is 9.75. The first-order chi connectivity index (χ1) is 11.9. The molecule has 1 aliphatic rings. The molecule has 0 unspecified atom stereocenters. The van der Waals surface area contributed by atoms with Crippen LogP contribution in [0, 0.1) is 29.1 Å². The number of carbonyl (C=O) groups excluding carboxylic acids is 2. The first-order valence-electron chi connectivity index (χ1n) is 8.77. The summed E-state index contributed by atoms with van der Waals surface area (Å²) in [5.74, 6) is 0.237. The first-order valence-corrected chi connectivity index (χ1v) is 8.77. The third-order valence-corrected chi connectivity index (χ3v) is 4.81. The molecule has 0 spiro atoms. The fourth-order valence-electron chi connectivity index (χ4n) is 3.34. The highest BCUT2D eigenvalue weighted by Crippen LogP contribution is 2.35. The number of hydrogen-bond donors (Lipinski definition) is 0. The van der Waals surface area contributed by atoms with Crippen LogP contribution in [-0.4, -0.2) is 24.6 Å². The smallest absolute Gasteiger partial charge is 0.344 e. The van der Waals surface area contributed by atoms with Gasteiger partial charge in [-0.15, -0.1) is 0 Å². The van der Waals surface area contributed by atoms with Crippen molar-refractivity contribution >= 4 is 11.9 Å². The number of benzene rings is 1. The van der Waals surface area contributed by atoms with Crippen LogP contribution in [0.1, 0.15) is 56.0 Å². The van der Waals surface area contributed by atoms with E-state index in [0.717, 1.165) is 19.3 Å². The second-order valence-electron chi connectivity index (χ2n) is 7.12. The molecule has 1 aromatic rings. The molecule has 5 nitrogen and oxygen atoms in total. The maximum atomic E-state index is 12.1. The van der Waals surface area contributed by atoms with Gasteiger partial charge in [0.25, 0.3) is 0 Å². The van der Waals surface area contributed by atoms with E-state index in [4.69, 9.17) is 14.7 Å². The molecule has 1 aliphatic carbocycles. The zero-order valence-corrected chi connectivity index (χ0v) is 15.0. The van der Waals surface area contributed by atoms with E-state index in [2.05, 4.69) is 20.8 Å². The zero-order valence-electron chi connectivity index (χ0n) is 15.0. The minimum Gasteiger partial charge on any atom is -0.460 e. The molecular weight excluding hydrogens is 318 g/mol. The average Bonchev–Trinajstić information content (AvgIpc) is 2.59. The lowest BCUT2D eigenvalue weighted by Gasteiger charge is -2.36. The fourth-order valence-corrected chi connectivity index (χ4v) is 3.34. The Morgan fingerprint density at radius 1 is 1.24 bits per heavy atom. The molecule has 1 fully saturated rings. The van der Waals surface area contributed by atoms with Crippen LogP contribution in [-0.2, 0) is 14.3 Å². The number of ether oxygens (including phenoxy) is 2. The summed E-state index contributed by atoms with van der Waals surface area (Å²) in [6, 6.07) is 8.05. The third-order valence-electron chi connectivity index (χ3n) is 4.81. The molecule has 3 atom stereocenters. The molecule has 0 bridgehead atoms. The SMILES string of the molecule is CC(C)[C@@H]1CC[C@@H](C)C[C@@H]1OC(=O)COC(=O)c1ccc(C#N)cc1. The molecule has 0 aliphatic heterocycles. The Morgan fingerprint density at radius 2 is 1.92 bits per heavy atom. The summed E-state index contributed by atoms with van der Waals surface area (Å²) in [5, 5.41) is 8.75. The lowest BCUT2D eigenvalue weighted by molar-refractivity contribution is -0.159. The van der Waals surface area contributed by atoms with Crippen LogP contribution in [0.25, 0.3) is 0 Å². The van der Waals surface area contributed by atoms with Gasteiger partial charge in [0.05, 0.1) is 17.2 Å². The Kier molecular flexibility index (Phi) is 6.58. The molecule has 0 aromatic heterocycles. The van der Waals surface area contributed by atoms with Crippen molar-refractivity contribution in [2.75, 3.05) is 6.61 Å². The average molecular weight is 343 g/mol. The van der Waals surface area contributed by atoms with Crippen molar-refractivity contribution in [3.05, 3.63) is 35.4 Å². The normalized spacial score (nSPS) is 22.9. The zero-order chi connectivity index (χ0) is 18.4. The van der Waals surface area contributed by atoms with E-state index in [0.29, 0.717) is 28.9 Å². The summed E-state index contributed by atoms with van der Waals surface area (Å²) >= 11 is 0. The van der Waals surface area contributed by atoms with E-state index in [1.165, 1.54) is 24.3 Å². The van der Waals surface area contributed by atoms with Gasteiger partial charge in [0, 0.05) is 0 Å². The van der Waals surface area contributed by atoms with Crippen LogP contribution in [0.2, 0.25) is 0 Å². The Hall–Kier alpha value is -2.35. The molecule has 25 heavy (non-hydrogen) atoms. The lowest BCUT2D eigenvalue weighted by Crippen LogP contribution is -2.36. The van der Waals surface area contributed by atoms with Crippen LogP contribution in [0.3, 0.4) is 0 Å². The van der Waals surface area contributed by atoms with Crippen molar-refractivity contribution in [3.8, 4) is 6.07 Å². The molecule has 1 saturated carbocycles. The maximum absolute atomic E-state index is 12.1. The molecule has 134 valence electrons. The van der Waals surface area contributed by atoms with Crippen molar-refractivity contribution in [2.45, 2.75) is 46.1 Å². The number of rotatable bonds is 5. The molecule has 5 heteroatoms. The first kappa shape index (κ1) is 19.0. The largest absolute Gasteiger partial charge is 0.460 e. The molecule has 0 amide bonds. The topological polar surface area (TPSA) is 76.4 Å². The second kappa shape index (κ2) is 8.66. The third kappa shape index (κ3) is 5.32. The molecule has 0 heterocycles. The van der Waals surface area contributed by atoms with E-state index in [-0.39, 0.29) is 6.10 Å². The van der Waals surface area contributed by atoms with Crippen LogP contribution < -0.4 is 0 Å². The van der Waals surface area contributed by atoms with Gasteiger partial charge in [-0.3, -0.25) is 0 Å². The summed E-state index contributed by atoms with van der Waals surface area (Å²) in [7, 11) is 0. The molecular formula is C20H25NO4. The van der Waals surface area contributed by atoms with Crippen LogP contribution in [0.4, 0.5) is 0 Å². The summed E-state index contributed by atoms with van der Waals surface area (Å²) < 4.78 is 10.6. The monoisotopic (exact) mass is 343 g/mol. The second-order valence-corrected chi connectivity index (χ2v) is 7.12. The Morgan fingerprint density at radius 3 is 2.52 bits per heavy atom.